The first-order chi connectivity index (χ1) is 8.37. The van der Waals surface area contributed by atoms with Crippen LogP contribution in [-0.4, -0.2) is 40.7 Å². The second kappa shape index (κ2) is 4.62. The van der Waals surface area contributed by atoms with Gasteiger partial charge in [0.1, 0.15) is 10.6 Å². The number of hydrogen-bond acceptors (Lipinski definition) is 4. The van der Waals surface area contributed by atoms with Gasteiger partial charge in [-0.3, -0.25) is 0 Å². The average molecular weight is 290 g/mol. The Morgan fingerprint density at radius 1 is 1.32 bits per heavy atom. The Labute approximate surface area is 111 Å². The molecule has 0 fully saturated rings. The molecule has 0 spiro atoms. The third kappa shape index (κ3) is 3.34. The Morgan fingerprint density at radius 2 is 1.84 bits per heavy atom. The number of H-pyrrole nitrogens is 1. The summed E-state index contributed by atoms with van der Waals surface area (Å²) in [6.07, 6.45) is 1.09. The van der Waals surface area contributed by atoms with Crippen molar-refractivity contribution >= 4 is 16.0 Å². The Hall–Kier alpha value is -1.38. The topological polar surface area (TPSA) is 119 Å². The number of aromatic nitrogens is 1. The van der Waals surface area contributed by atoms with Crippen molar-refractivity contribution in [3.05, 3.63) is 18.0 Å². The van der Waals surface area contributed by atoms with Gasteiger partial charge in [0, 0.05) is 6.20 Å². The minimum Gasteiger partial charge on any atom is -0.477 e. The molecule has 0 saturated heterocycles. The number of carboxylic acid groups (broad SMARTS) is 1. The first-order valence-electron chi connectivity index (χ1n) is 5.55. The van der Waals surface area contributed by atoms with Gasteiger partial charge < -0.3 is 15.2 Å². The zero-order chi connectivity index (χ0) is 15.1. The predicted molar refractivity (Wildman–Crippen MR) is 68.5 cm³/mol. The Balaban J connectivity index is 3.08. The summed E-state index contributed by atoms with van der Waals surface area (Å²) in [5, 5.41) is 18.7. The fourth-order valence-electron chi connectivity index (χ4n) is 1.17. The van der Waals surface area contributed by atoms with Gasteiger partial charge in [-0.25, -0.2) is 17.9 Å². The lowest BCUT2D eigenvalue weighted by Gasteiger charge is -2.37. The van der Waals surface area contributed by atoms with Crippen molar-refractivity contribution in [1.29, 1.82) is 0 Å². The number of aromatic amines is 1. The van der Waals surface area contributed by atoms with Crippen LogP contribution in [0.2, 0.25) is 0 Å². The standard InChI is InChI=1S/C11H18N2O5S/c1-10(2,11(3,4)16)13-19(17,18)7-5-8(9(14)15)12-6-7/h5-6,12-13,16H,1-4H3,(H,14,15). The minimum absolute atomic E-state index is 0.192. The molecule has 0 aromatic carbocycles. The molecule has 1 rings (SSSR count). The maximum atomic E-state index is 12.1. The third-order valence-corrected chi connectivity index (χ3v) is 4.75. The maximum Gasteiger partial charge on any atom is 0.352 e. The Bertz CT molecular complexity index is 580. The summed E-state index contributed by atoms with van der Waals surface area (Å²) < 4.78 is 26.5. The maximum absolute atomic E-state index is 12.1. The molecule has 108 valence electrons. The number of aliphatic hydroxyl groups is 1. The van der Waals surface area contributed by atoms with Crippen molar-refractivity contribution in [3.63, 3.8) is 0 Å². The predicted octanol–water partition coefficient (Wildman–Crippen LogP) is 0.541. The van der Waals surface area contributed by atoms with Crippen LogP contribution in [0.3, 0.4) is 0 Å². The lowest BCUT2D eigenvalue weighted by molar-refractivity contribution is 0.00638. The van der Waals surface area contributed by atoms with E-state index < -0.39 is 27.1 Å². The molecule has 4 N–H and O–H groups in total. The summed E-state index contributed by atoms with van der Waals surface area (Å²) in [6.45, 7) is 6.04. The van der Waals surface area contributed by atoms with E-state index in [1.165, 1.54) is 27.7 Å². The monoisotopic (exact) mass is 290 g/mol. The molecule has 0 saturated carbocycles. The zero-order valence-corrected chi connectivity index (χ0v) is 12.0. The van der Waals surface area contributed by atoms with Crippen molar-refractivity contribution in [2.75, 3.05) is 0 Å². The summed E-state index contributed by atoms with van der Waals surface area (Å²) in [5.41, 5.74) is -2.63. The van der Waals surface area contributed by atoms with Gasteiger partial charge in [0.05, 0.1) is 11.1 Å². The first-order valence-corrected chi connectivity index (χ1v) is 7.03. The van der Waals surface area contributed by atoms with Crippen LogP contribution in [-0.2, 0) is 10.0 Å². The third-order valence-electron chi connectivity index (χ3n) is 3.12. The number of carbonyl (C=O) groups is 1. The van der Waals surface area contributed by atoms with Crippen LogP contribution in [0.1, 0.15) is 38.2 Å². The van der Waals surface area contributed by atoms with Gasteiger partial charge >= 0.3 is 5.97 Å². The van der Waals surface area contributed by atoms with E-state index in [4.69, 9.17) is 5.11 Å². The van der Waals surface area contributed by atoms with Gasteiger partial charge in [0.15, 0.2) is 0 Å². The van der Waals surface area contributed by atoms with E-state index >= 15 is 0 Å². The second-order valence-corrected chi connectivity index (χ2v) is 7.03. The Kier molecular flexibility index (Phi) is 3.81. The van der Waals surface area contributed by atoms with Crippen LogP contribution in [0, 0.1) is 0 Å². The molecule has 8 heteroatoms. The molecular formula is C11H18N2O5S. The van der Waals surface area contributed by atoms with E-state index in [2.05, 4.69) is 9.71 Å². The quantitative estimate of drug-likeness (QED) is 0.631. The zero-order valence-electron chi connectivity index (χ0n) is 11.2. The molecular weight excluding hydrogens is 272 g/mol. The normalized spacial score (nSPS) is 13.5. The second-order valence-electron chi connectivity index (χ2n) is 5.34. The summed E-state index contributed by atoms with van der Waals surface area (Å²) in [7, 11) is -3.92. The number of aromatic carboxylic acids is 1. The van der Waals surface area contributed by atoms with Crippen LogP contribution < -0.4 is 4.72 Å². The lowest BCUT2D eigenvalue weighted by Crippen LogP contribution is -2.57. The van der Waals surface area contributed by atoms with E-state index in [-0.39, 0.29) is 10.6 Å². The average Bonchev–Trinajstić information content (AvgIpc) is 2.62. The van der Waals surface area contributed by atoms with E-state index in [9.17, 15) is 18.3 Å². The fraction of sp³-hybridized carbons (Fsp3) is 0.545. The molecule has 0 aliphatic carbocycles. The fourth-order valence-corrected chi connectivity index (χ4v) is 2.70. The smallest absolute Gasteiger partial charge is 0.352 e. The highest BCUT2D eigenvalue weighted by molar-refractivity contribution is 7.89. The number of sulfonamides is 1. The van der Waals surface area contributed by atoms with Crippen molar-refractivity contribution in [2.24, 2.45) is 0 Å². The van der Waals surface area contributed by atoms with Crippen LogP contribution in [0.15, 0.2) is 17.2 Å². The largest absolute Gasteiger partial charge is 0.477 e. The van der Waals surface area contributed by atoms with E-state index in [1.807, 2.05) is 0 Å². The van der Waals surface area contributed by atoms with E-state index in [0.717, 1.165) is 12.3 Å². The summed E-state index contributed by atoms with van der Waals surface area (Å²) in [4.78, 5) is 12.9. The molecule has 19 heavy (non-hydrogen) atoms. The van der Waals surface area contributed by atoms with E-state index in [1.54, 1.807) is 0 Å². The first kappa shape index (κ1) is 15.7. The molecule has 0 aliphatic heterocycles. The number of hydrogen-bond donors (Lipinski definition) is 4. The minimum atomic E-state index is -3.92. The van der Waals surface area contributed by atoms with Crippen molar-refractivity contribution in [3.8, 4) is 0 Å². The highest BCUT2D eigenvalue weighted by atomic mass is 32.2. The molecule has 0 bridgehead atoms. The van der Waals surface area contributed by atoms with Gasteiger partial charge in [-0.2, -0.15) is 0 Å². The number of carboxylic acids is 1. The summed E-state index contributed by atoms with van der Waals surface area (Å²) >= 11 is 0. The summed E-state index contributed by atoms with van der Waals surface area (Å²) in [6, 6.07) is 1.02. The molecule has 1 heterocycles. The molecule has 1 aromatic rings. The lowest BCUT2D eigenvalue weighted by atomic mass is 9.87. The molecule has 0 unspecified atom stereocenters. The molecule has 7 nitrogen and oxygen atoms in total. The van der Waals surface area contributed by atoms with Crippen molar-refractivity contribution in [1.82, 2.24) is 9.71 Å². The highest BCUT2D eigenvalue weighted by Crippen LogP contribution is 2.23. The molecule has 0 aliphatic rings. The highest BCUT2D eigenvalue weighted by Gasteiger charge is 2.39. The van der Waals surface area contributed by atoms with E-state index in [0.29, 0.717) is 0 Å². The van der Waals surface area contributed by atoms with Crippen molar-refractivity contribution in [2.45, 2.75) is 43.7 Å². The van der Waals surface area contributed by atoms with Gasteiger partial charge in [0.2, 0.25) is 10.0 Å². The Morgan fingerprint density at radius 3 is 2.21 bits per heavy atom. The van der Waals surface area contributed by atoms with Crippen LogP contribution in [0.5, 0.6) is 0 Å². The number of rotatable bonds is 5. The molecule has 0 radical (unpaired) electrons. The van der Waals surface area contributed by atoms with Gasteiger partial charge in [0.25, 0.3) is 0 Å². The molecule has 0 atom stereocenters. The van der Waals surface area contributed by atoms with Gasteiger partial charge in [-0.15, -0.1) is 0 Å². The molecule has 0 amide bonds. The summed E-state index contributed by atoms with van der Waals surface area (Å²) in [5.74, 6) is -1.25. The van der Waals surface area contributed by atoms with Crippen LogP contribution in [0.25, 0.3) is 0 Å². The van der Waals surface area contributed by atoms with Crippen LogP contribution in [0.4, 0.5) is 0 Å². The van der Waals surface area contributed by atoms with Crippen LogP contribution >= 0.6 is 0 Å². The SMILES string of the molecule is CC(C)(O)C(C)(C)NS(=O)(=O)c1c[nH]c(C(=O)O)c1. The van der Waals surface area contributed by atoms with Gasteiger partial charge in [-0.05, 0) is 33.8 Å². The van der Waals surface area contributed by atoms with Crippen molar-refractivity contribution < 1.29 is 23.4 Å². The molecule has 1 aromatic heterocycles. The number of nitrogens with one attached hydrogen (secondary N) is 2. The van der Waals surface area contributed by atoms with Gasteiger partial charge in [-0.1, -0.05) is 0 Å².